The molecule has 0 saturated carbocycles. The third-order valence-electron chi connectivity index (χ3n) is 3.74. The number of rotatable bonds is 3. The van der Waals surface area contributed by atoms with E-state index in [-0.39, 0.29) is 17.8 Å². The molecule has 1 aliphatic heterocycles. The van der Waals surface area contributed by atoms with Crippen LogP contribution in [0, 0.1) is 0 Å². The normalized spacial score (nSPS) is 17.3. The average Bonchev–Trinajstić information content (AvgIpc) is 2.68. The zero-order valence-corrected chi connectivity index (χ0v) is 13.7. The van der Waals surface area contributed by atoms with Gasteiger partial charge in [-0.3, -0.25) is 9.78 Å². The largest absolute Gasteiger partial charge is 0.389 e. The fourth-order valence-corrected chi connectivity index (χ4v) is 3.10. The van der Waals surface area contributed by atoms with E-state index in [4.69, 9.17) is 0 Å². The fourth-order valence-electron chi connectivity index (χ4n) is 2.71. The van der Waals surface area contributed by atoms with Crippen molar-refractivity contribution in [1.82, 2.24) is 4.98 Å². The highest BCUT2D eigenvalue weighted by atomic mass is 79.9. The maximum absolute atomic E-state index is 14.5. The molecule has 1 N–H and O–H groups in total. The van der Waals surface area contributed by atoms with E-state index in [0.717, 1.165) is 9.37 Å². The third-order valence-corrected chi connectivity index (χ3v) is 4.24. The number of aliphatic hydroxyl groups is 1. The molecule has 1 amide bonds. The lowest BCUT2D eigenvalue weighted by Crippen LogP contribution is -2.34. The van der Waals surface area contributed by atoms with Crippen LogP contribution in [0.2, 0.25) is 0 Å². The fraction of sp³-hybridized carbons (Fsp3) is 0.250. The molecular formula is C16H13BrF2N2O2. The average molecular weight is 383 g/mol. The SMILES string of the molecule is C[C@H](O)c1cccc2c1C(F)(F)C(=O)N2Cc1cc(Br)ccn1. The first-order valence-corrected chi connectivity index (χ1v) is 7.73. The molecule has 1 atom stereocenters. The second kappa shape index (κ2) is 5.65. The minimum Gasteiger partial charge on any atom is -0.389 e. The number of alkyl halides is 2. The standard InChI is InChI=1S/C16H13BrF2N2O2/c1-9(22)12-3-2-4-13-14(12)16(18,19)15(23)21(13)8-11-7-10(17)5-6-20-11/h2-7,9,22H,8H2,1H3/t9-/m0/s1. The molecule has 0 aliphatic carbocycles. The first kappa shape index (κ1) is 16.0. The molecule has 0 saturated heterocycles. The zero-order valence-electron chi connectivity index (χ0n) is 12.1. The minimum atomic E-state index is -3.66. The summed E-state index contributed by atoms with van der Waals surface area (Å²) < 4.78 is 29.7. The first-order valence-electron chi connectivity index (χ1n) is 6.94. The van der Waals surface area contributed by atoms with Crippen LogP contribution in [-0.4, -0.2) is 16.0 Å². The minimum absolute atomic E-state index is 0.0607. The first-order chi connectivity index (χ1) is 10.8. The molecule has 0 unspecified atom stereocenters. The van der Waals surface area contributed by atoms with Gasteiger partial charge in [0, 0.05) is 10.7 Å². The zero-order chi connectivity index (χ0) is 16.8. The number of hydrogen-bond donors (Lipinski definition) is 1. The van der Waals surface area contributed by atoms with Crippen molar-refractivity contribution < 1.29 is 18.7 Å². The van der Waals surface area contributed by atoms with E-state index < -0.39 is 23.5 Å². The summed E-state index contributed by atoms with van der Waals surface area (Å²) in [5, 5.41) is 9.74. The summed E-state index contributed by atoms with van der Waals surface area (Å²) in [4.78, 5) is 17.3. The van der Waals surface area contributed by atoms with Crippen molar-refractivity contribution in [3.63, 3.8) is 0 Å². The molecule has 0 fully saturated rings. The van der Waals surface area contributed by atoms with Crippen LogP contribution < -0.4 is 4.90 Å². The molecule has 0 bridgehead atoms. The van der Waals surface area contributed by atoms with E-state index in [1.54, 1.807) is 18.2 Å². The van der Waals surface area contributed by atoms with Crippen molar-refractivity contribution >= 4 is 27.5 Å². The summed E-state index contributed by atoms with van der Waals surface area (Å²) in [6, 6.07) is 7.80. The highest BCUT2D eigenvalue weighted by Gasteiger charge is 2.54. The Balaban J connectivity index is 2.08. The van der Waals surface area contributed by atoms with Gasteiger partial charge in [0.25, 0.3) is 0 Å². The number of anilines is 1. The molecule has 1 aliphatic rings. The van der Waals surface area contributed by atoms with Gasteiger partial charge >= 0.3 is 11.8 Å². The molecule has 2 heterocycles. The molecule has 0 spiro atoms. The summed E-state index contributed by atoms with van der Waals surface area (Å²) in [6.07, 6.45) is 0.443. The van der Waals surface area contributed by atoms with Gasteiger partial charge in [-0.05, 0) is 30.7 Å². The van der Waals surface area contributed by atoms with Crippen LogP contribution in [0.25, 0.3) is 0 Å². The number of hydrogen-bond acceptors (Lipinski definition) is 3. The van der Waals surface area contributed by atoms with Crippen molar-refractivity contribution in [2.24, 2.45) is 0 Å². The lowest BCUT2D eigenvalue weighted by Gasteiger charge is -2.17. The van der Waals surface area contributed by atoms with E-state index in [2.05, 4.69) is 20.9 Å². The topological polar surface area (TPSA) is 53.4 Å². The van der Waals surface area contributed by atoms with E-state index in [0.29, 0.717) is 5.69 Å². The number of aliphatic hydroxyl groups excluding tert-OH is 1. The quantitative estimate of drug-likeness (QED) is 0.883. The van der Waals surface area contributed by atoms with Crippen LogP contribution in [0.15, 0.2) is 41.0 Å². The summed E-state index contributed by atoms with van der Waals surface area (Å²) in [5.74, 6) is -4.96. The molecule has 4 nitrogen and oxygen atoms in total. The van der Waals surface area contributed by atoms with Gasteiger partial charge in [-0.15, -0.1) is 0 Å². The molecule has 23 heavy (non-hydrogen) atoms. The number of carbonyl (C=O) groups excluding carboxylic acids is 1. The number of fused-ring (bicyclic) bond motifs is 1. The highest BCUT2D eigenvalue weighted by Crippen LogP contribution is 2.47. The van der Waals surface area contributed by atoms with Crippen molar-refractivity contribution in [2.45, 2.75) is 25.5 Å². The molecule has 120 valence electrons. The summed E-state index contributed by atoms with van der Waals surface area (Å²) in [7, 11) is 0. The summed E-state index contributed by atoms with van der Waals surface area (Å²) >= 11 is 3.29. The van der Waals surface area contributed by atoms with Crippen LogP contribution in [0.1, 0.15) is 29.8 Å². The molecule has 1 aromatic carbocycles. The number of halogens is 3. The lowest BCUT2D eigenvalue weighted by atomic mass is 9.98. The Morgan fingerprint density at radius 1 is 1.39 bits per heavy atom. The molecule has 0 radical (unpaired) electrons. The van der Waals surface area contributed by atoms with Gasteiger partial charge < -0.3 is 10.0 Å². The van der Waals surface area contributed by atoms with Gasteiger partial charge in [-0.1, -0.05) is 28.1 Å². The molecule has 3 rings (SSSR count). The Kier molecular flexibility index (Phi) is 3.93. The van der Waals surface area contributed by atoms with Gasteiger partial charge in [0.05, 0.1) is 29.6 Å². The molecule has 7 heteroatoms. The van der Waals surface area contributed by atoms with Crippen molar-refractivity contribution in [3.05, 3.63) is 57.8 Å². The maximum Gasteiger partial charge on any atom is 0.352 e. The lowest BCUT2D eigenvalue weighted by molar-refractivity contribution is -0.141. The molecule has 2 aromatic rings. The van der Waals surface area contributed by atoms with Crippen LogP contribution in [-0.2, 0) is 17.3 Å². The van der Waals surface area contributed by atoms with Gasteiger partial charge in [-0.25, -0.2) is 0 Å². The monoisotopic (exact) mass is 382 g/mol. The van der Waals surface area contributed by atoms with E-state index >= 15 is 0 Å². The van der Waals surface area contributed by atoms with Crippen molar-refractivity contribution in [1.29, 1.82) is 0 Å². The van der Waals surface area contributed by atoms with E-state index in [1.165, 1.54) is 25.3 Å². The Morgan fingerprint density at radius 2 is 2.13 bits per heavy atom. The van der Waals surface area contributed by atoms with Crippen LogP contribution in [0.3, 0.4) is 0 Å². The van der Waals surface area contributed by atoms with Gasteiger partial charge in [0.15, 0.2) is 0 Å². The van der Waals surface area contributed by atoms with Gasteiger partial charge in [0.1, 0.15) is 0 Å². The molecule has 1 aromatic heterocycles. The maximum atomic E-state index is 14.5. The van der Waals surface area contributed by atoms with E-state index in [9.17, 15) is 18.7 Å². The van der Waals surface area contributed by atoms with Crippen LogP contribution >= 0.6 is 15.9 Å². The third kappa shape index (κ3) is 2.64. The van der Waals surface area contributed by atoms with Crippen LogP contribution in [0.5, 0.6) is 0 Å². The Labute approximate surface area is 139 Å². The number of aromatic nitrogens is 1. The summed E-state index contributed by atoms with van der Waals surface area (Å²) in [6.45, 7) is 1.33. The van der Waals surface area contributed by atoms with Crippen molar-refractivity contribution in [3.8, 4) is 0 Å². The second-order valence-electron chi connectivity index (χ2n) is 5.35. The Morgan fingerprint density at radius 3 is 2.78 bits per heavy atom. The summed E-state index contributed by atoms with van der Waals surface area (Å²) in [5.41, 5.74) is 0.236. The Bertz CT molecular complexity index is 780. The van der Waals surface area contributed by atoms with Crippen molar-refractivity contribution in [2.75, 3.05) is 4.90 Å². The Hall–Kier alpha value is -1.86. The number of amides is 1. The number of carbonyl (C=O) groups is 1. The van der Waals surface area contributed by atoms with Gasteiger partial charge in [-0.2, -0.15) is 8.78 Å². The highest BCUT2D eigenvalue weighted by molar-refractivity contribution is 9.10. The number of nitrogens with zero attached hydrogens (tertiary/aromatic N) is 2. The predicted molar refractivity (Wildman–Crippen MR) is 84.1 cm³/mol. The molecular weight excluding hydrogens is 370 g/mol. The second-order valence-corrected chi connectivity index (χ2v) is 6.26. The smallest absolute Gasteiger partial charge is 0.352 e. The number of pyridine rings is 1. The van der Waals surface area contributed by atoms with Crippen LogP contribution in [0.4, 0.5) is 14.5 Å². The van der Waals surface area contributed by atoms with Gasteiger partial charge in [0.2, 0.25) is 0 Å². The number of benzene rings is 1. The predicted octanol–water partition coefficient (Wildman–Crippen LogP) is 3.54. The van der Waals surface area contributed by atoms with E-state index in [1.807, 2.05) is 0 Å².